The fourth-order valence-electron chi connectivity index (χ4n) is 7.94. The summed E-state index contributed by atoms with van der Waals surface area (Å²) < 4.78 is 22.0. The first-order valence-electron chi connectivity index (χ1n) is 14.1. The van der Waals surface area contributed by atoms with Crippen molar-refractivity contribution < 1.29 is 4.21 Å². The molecule has 3 aliphatic rings. The maximum absolute atomic E-state index is 12.2. The molecule has 1 aliphatic heterocycles. The Morgan fingerprint density at radius 1 is 1.08 bits per heavy atom. The molecule has 2 aliphatic carbocycles. The average Bonchev–Trinajstić information content (AvgIpc) is 3.68. The Hall–Kier alpha value is -2.23. The van der Waals surface area contributed by atoms with Crippen LogP contribution in [0.4, 0.5) is 0 Å². The van der Waals surface area contributed by atoms with Gasteiger partial charge in [0.15, 0.2) is 5.65 Å². The van der Waals surface area contributed by atoms with Crippen LogP contribution in [0.25, 0.3) is 27.1 Å². The maximum atomic E-state index is 12.2. The molecule has 4 aromatic rings. The largest absolute Gasteiger partial charge is 0.346 e. The molecule has 7 rings (SSSR count). The Bertz CT molecular complexity index is 1660. The quantitative estimate of drug-likeness (QED) is 0.315. The highest BCUT2D eigenvalue weighted by Gasteiger charge is 2.49. The summed E-state index contributed by atoms with van der Waals surface area (Å²) in [5, 5.41) is 5.88. The van der Waals surface area contributed by atoms with Gasteiger partial charge in [0.25, 0.3) is 0 Å². The lowest BCUT2D eigenvalue weighted by Crippen LogP contribution is -2.48. The van der Waals surface area contributed by atoms with Crippen LogP contribution in [0, 0.1) is 37.4 Å². The molecule has 4 aromatic heterocycles. The number of nitrogens with one attached hydrogen (secondary N) is 2. The number of hydrogen-bond donors (Lipinski definition) is 2. The van der Waals surface area contributed by atoms with E-state index in [1.54, 1.807) is 11.2 Å². The minimum absolute atomic E-state index is 0.404. The lowest BCUT2D eigenvalue weighted by molar-refractivity contribution is 0.148. The third kappa shape index (κ3) is 3.64. The van der Waals surface area contributed by atoms with E-state index < -0.39 is 9.73 Å². The molecular weight excluding hydrogens is 512 g/mol. The van der Waals surface area contributed by atoms with Crippen LogP contribution < -0.4 is 0 Å². The number of thiophene rings is 1. The number of fused-ring (bicyclic) bond motifs is 4. The third-order valence-electron chi connectivity index (χ3n) is 9.98. The second-order valence-corrected chi connectivity index (χ2v) is 15.8. The van der Waals surface area contributed by atoms with Gasteiger partial charge in [0.1, 0.15) is 11.2 Å². The fourth-order valence-corrected chi connectivity index (χ4v) is 10.6. The van der Waals surface area contributed by atoms with Crippen LogP contribution in [-0.2, 0) is 9.73 Å². The van der Waals surface area contributed by atoms with Gasteiger partial charge in [-0.15, -0.1) is 11.3 Å². The molecule has 0 aromatic carbocycles. The van der Waals surface area contributed by atoms with Crippen molar-refractivity contribution in [2.75, 3.05) is 24.6 Å². The van der Waals surface area contributed by atoms with Crippen LogP contribution >= 0.6 is 11.3 Å². The topological polar surface area (TPSA) is 90.1 Å². The number of rotatable bonds is 4. The molecule has 38 heavy (non-hydrogen) atoms. The van der Waals surface area contributed by atoms with Crippen LogP contribution in [0.3, 0.4) is 0 Å². The van der Waals surface area contributed by atoms with Crippen molar-refractivity contribution in [1.29, 1.82) is 4.78 Å². The number of aromatic amines is 1. The van der Waals surface area contributed by atoms with Crippen molar-refractivity contribution in [3.8, 4) is 11.3 Å². The summed E-state index contributed by atoms with van der Waals surface area (Å²) in [6.07, 6.45) is 7.64. The Balaban J connectivity index is 1.22. The molecule has 4 atom stereocenters. The summed E-state index contributed by atoms with van der Waals surface area (Å²) in [6, 6.07) is 0.632. The van der Waals surface area contributed by atoms with Crippen molar-refractivity contribution in [2.45, 2.75) is 71.8 Å². The molecule has 5 heterocycles. The molecule has 7 nitrogen and oxygen atoms in total. The first kappa shape index (κ1) is 24.8. The molecule has 1 saturated heterocycles. The van der Waals surface area contributed by atoms with E-state index in [1.165, 1.54) is 63.0 Å². The molecule has 0 spiro atoms. The smallest absolute Gasteiger partial charge is 0.158 e. The van der Waals surface area contributed by atoms with E-state index in [1.807, 2.05) is 15.9 Å². The summed E-state index contributed by atoms with van der Waals surface area (Å²) >= 11 is 1.99. The van der Waals surface area contributed by atoms with Crippen molar-refractivity contribution in [3.63, 3.8) is 0 Å². The lowest BCUT2D eigenvalue weighted by atomic mass is 9.82. The number of aryl methyl sites for hydroxylation is 2. The van der Waals surface area contributed by atoms with E-state index in [-0.39, 0.29) is 0 Å². The zero-order chi connectivity index (χ0) is 26.5. The van der Waals surface area contributed by atoms with Crippen LogP contribution in [0.15, 0.2) is 12.5 Å². The minimum atomic E-state index is -2.33. The van der Waals surface area contributed by atoms with Crippen LogP contribution in [-0.4, -0.2) is 59.3 Å². The lowest BCUT2D eigenvalue weighted by Gasteiger charge is -2.39. The number of pyridine rings is 1. The van der Waals surface area contributed by atoms with E-state index in [0.717, 1.165) is 30.6 Å². The summed E-state index contributed by atoms with van der Waals surface area (Å²) in [5.74, 6) is 3.66. The zero-order valence-electron chi connectivity index (χ0n) is 23.0. The summed E-state index contributed by atoms with van der Waals surface area (Å²) in [7, 11) is -2.33. The van der Waals surface area contributed by atoms with E-state index in [4.69, 9.17) is 4.78 Å². The Kier molecular flexibility index (Phi) is 5.63. The standard InChI is InChI=1S/C29H38N6OS2/c1-15(2)24-25-18(5)27(21-11-20-10-19(21)12-23(20)34-6-8-38(30,36)9-7-34)37-29(25)33-26(24)22-13-35-28(31-14-32-35)17(4)16(22)3/h13-15,19-21,23,30,33H,6-12H2,1-5H3/t19-,20-,21?,23?/m0/s1. The average molecular weight is 551 g/mol. The van der Waals surface area contributed by atoms with Gasteiger partial charge in [0, 0.05) is 62.4 Å². The molecule has 0 amide bonds. The number of hydrogen-bond acceptors (Lipinski definition) is 6. The van der Waals surface area contributed by atoms with E-state index >= 15 is 0 Å². The highest BCUT2D eigenvalue weighted by atomic mass is 32.2. The van der Waals surface area contributed by atoms with Crippen LogP contribution in [0.1, 0.15) is 72.1 Å². The van der Waals surface area contributed by atoms with Gasteiger partial charge in [0.2, 0.25) is 0 Å². The molecule has 0 radical (unpaired) electrons. The number of aromatic nitrogens is 4. The van der Waals surface area contributed by atoms with E-state index in [2.05, 4.69) is 60.8 Å². The zero-order valence-corrected chi connectivity index (χ0v) is 24.6. The molecule has 2 unspecified atom stereocenters. The fraction of sp³-hybridized carbons (Fsp3) is 0.586. The third-order valence-corrected chi connectivity index (χ3v) is 13.0. The highest BCUT2D eigenvalue weighted by Crippen LogP contribution is 2.57. The monoisotopic (exact) mass is 550 g/mol. The first-order chi connectivity index (χ1) is 18.1. The van der Waals surface area contributed by atoms with Gasteiger partial charge in [0.05, 0.1) is 5.69 Å². The van der Waals surface area contributed by atoms with Gasteiger partial charge in [-0.2, -0.15) is 5.10 Å². The van der Waals surface area contributed by atoms with Gasteiger partial charge >= 0.3 is 0 Å². The summed E-state index contributed by atoms with van der Waals surface area (Å²) in [5.41, 5.74) is 8.73. The van der Waals surface area contributed by atoms with Gasteiger partial charge in [-0.05, 0) is 86.0 Å². The Morgan fingerprint density at radius 3 is 2.53 bits per heavy atom. The number of H-pyrrole nitrogens is 1. The normalized spacial score (nSPS) is 27.4. The minimum Gasteiger partial charge on any atom is -0.346 e. The van der Waals surface area contributed by atoms with Crippen molar-refractivity contribution in [2.24, 2.45) is 11.8 Å². The van der Waals surface area contributed by atoms with Crippen molar-refractivity contribution >= 4 is 36.9 Å². The van der Waals surface area contributed by atoms with Crippen LogP contribution in [0.2, 0.25) is 0 Å². The molecule has 2 bridgehead atoms. The SMILES string of the molecule is Cc1c(-c2[nH]c3sc(C4C[C@@H]5C[C@H]4CC5N4CCS(=N)(=O)CC4)c(C)c3c2C(C)C)cn2ncnc2c1C. The Labute approximate surface area is 229 Å². The van der Waals surface area contributed by atoms with Crippen LogP contribution in [0.5, 0.6) is 0 Å². The highest BCUT2D eigenvalue weighted by molar-refractivity contribution is 7.92. The number of nitrogens with zero attached hydrogens (tertiary/aromatic N) is 4. The molecular formula is C29H38N6OS2. The molecule has 2 N–H and O–H groups in total. The molecule has 9 heteroatoms. The molecule has 202 valence electrons. The van der Waals surface area contributed by atoms with Gasteiger partial charge in [-0.1, -0.05) is 13.8 Å². The second-order valence-electron chi connectivity index (χ2n) is 12.3. The van der Waals surface area contributed by atoms with E-state index in [0.29, 0.717) is 29.4 Å². The van der Waals surface area contributed by atoms with Gasteiger partial charge < -0.3 is 4.98 Å². The van der Waals surface area contributed by atoms with Crippen molar-refractivity contribution in [1.82, 2.24) is 24.5 Å². The van der Waals surface area contributed by atoms with E-state index in [9.17, 15) is 4.21 Å². The maximum Gasteiger partial charge on any atom is 0.158 e. The predicted octanol–water partition coefficient (Wildman–Crippen LogP) is 6.23. The summed E-state index contributed by atoms with van der Waals surface area (Å²) in [4.78, 5) is 13.8. The molecule has 3 fully saturated rings. The van der Waals surface area contributed by atoms with Gasteiger partial charge in [-0.3, -0.25) is 9.68 Å². The second kappa shape index (κ2) is 8.63. The molecule has 2 saturated carbocycles. The van der Waals surface area contributed by atoms with Gasteiger partial charge in [-0.25, -0.2) is 13.7 Å². The first-order valence-corrected chi connectivity index (χ1v) is 16.8. The van der Waals surface area contributed by atoms with Crippen molar-refractivity contribution in [3.05, 3.63) is 39.7 Å². The Morgan fingerprint density at radius 2 is 1.84 bits per heavy atom. The summed E-state index contributed by atoms with van der Waals surface area (Å²) in [6.45, 7) is 13.0. The predicted molar refractivity (Wildman–Crippen MR) is 156 cm³/mol.